The standard InChI is InChI=1S/C20H19N3O2S/c1-12-6-2-5-9-15(12)23-19(25)16(18(24)22-20(23)26)17-14-8-4-3-7-13(14)10-11-21-17/h2-9,17,21,25H,10-11H2,1H3,(H,22,24,26)/p+1/t17-/m0/s1. The number of hydrogen-bond acceptors (Lipinski definition) is 3. The Morgan fingerprint density at radius 1 is 1.19 bits per heavy atom. The molecule has 0 aliphatic carbocycles. The molecule has 1 atom stereocenters. The molecule has 0 amide bonds. The van der Waals surface area contributed by atoms with Crippen molar-refractivity contribution in [2.45, 2.75) is 19.4 Å². The molecule has 0 saturated carbocycles. The first-order valence-corrected chi connectivity index (χ1v) is 9.04. The highest BCUT2D eigenvalue weighted by Crippen LogP contribution is 2.30. The minimum atomic E-state index is -0.338. The molecule has 1 aromatic heterocycles. The van der Waals surface area contributed by atoms with E-state index in [1.807, 2.05) is 49.4 Å². The Labute approximate surface area is 156 Å². The van der Waals surface area contributed by atoms with Gasteiger partial charge in [0.1, 0.15) is 11.6 Å². The van der Waals surface area contributed by atoms with Gasteiger partial charge in [-0.15, -0.1) is 0 Å². The molecular weight excluding hydrogens is 346 g/mol. The second kappa shape index (κ2) is 6.55. The molecular formula is C20H20N3O2S+. The predicted molar refractivity (Wildman–Crippen MR) is 102 cm³/mol. The molecule has 0 saturated heterocycles. The number of nitrogens with two attached hydrogens (primary N) is 1. The number of nitrogens with zero attached hydrogens (tertiary/aromatic N) is 1. The van der Waals surface area contributed by atoms with E-state index >= 15 is 0 Å². The van der Waals surface area contributed by atoms with E-state index in [4.69, 9.17) is 12.2 Å². The number of aryl methyl sites for hydroxylation is 1. The highest BCUT2D eigenvalue weighted by molar-refractivity contribution is 7.71. The van der Waals surface area contributed by atoms with E-state index in [0.29, 0.717) is 5.56 Å². The van der Waals surface area contributed by atoms with Gasteiger partial charge in [-0.2, -0.15) is 0 Å². The van der Waals surface area contributed by atoms with Gasteiger partial charge >= 0.3 is 0 Å². The van der Waals surface area contributed by atoms with E-state index in [0.717, 1.165) is 29.8 Å². The number of hydrogen-bond donors (Lipinski definition) is 3. The van der Waals surface area contributed by atoms with E-state index in [-0.39, 0.29) is 22.3 Å². The third-order valence-corrected chi connectivity index (χ3v) is 5.28. The second-order valence-corrected chi connectivity index (χ2v) is 6.96. The Hall–Kier alpha value is -2.70. The van der Waals surface area contributed by atoms with Gasteiger partial charge in [-0.25, -0.2) is 0 Å². The maximum absolute atomic E-state index is 12.7. The summed E-state index contributed by atoms with van der Waals surface area (Å²) in [5.74, 6) is -0.0917. The molecule has 5 nitrogen and oxygen atoms in total. The summed E-state index contributed by atoms with van der Waals surface area (Å²) in [4.78, 5) is 15.5. The number of aromatic nitrogens is 2. The Balaban J connectivity index is 1.98. The maximum atomic E-state index is 12.7. The van der Waals surface area contributed by atoms with E-state index in [1.54, 1.807) is 4.57 Å². The molecule has 4 N–H and O–H groups in total. The molecule has 132 valence electrons. The van der Waals surface area contributed by atoms with Crippen LogP contribution in [-0.4, -0.2) is 21.2 Å². The van der Waals surface area contributed by atoms with E-state index in [1.165, 1.54) is 5.56 Å². The van der Waals surface area contributed by atoms with Crippen LogP contribution in [0.1, 0.15) is 28.3 Å². The van der Waals surface area contributed by atoms with Crippen molar-refractivity contribution in [1.82, 2.24) is 9.55 Å². The van der Waals surface area contributed by atoms with Crippen LogP contribution in [0.4, 0.5) is 0 Å². The Morgan fingerprint density at radius 3 is 2.73 bits per heavy atom. The van der Waals surface area contributed by atoms with E-state index in [9.17, 15) is 9.90 Å². The third kappa shape index (κ3) is 2.67. The number of aromatic amines is 1. The fraction of sp³-hybridized carbons (Fsp3) is 0.200. The van der Waals surface area contributed by atoms with Crippen LogP contribution in [0, 0.1) is 11.7 Å². The van der Waals surface area contributed by atoms with Gasteiger partial charge in [0.25, 0.3) is 5.56 Å². The van der Waals surface area contributed by atoms with E-state index < -0.39 is 0 Å². The van der Waals surface area contributed by atoms with Crippen molar-refractivity contribution in [3.63, 3.8) is 0 Å². The van der Waals surface area contributed by atoms with Gasteiger partial charge in [-0.1, -0.05) is 42.5 Å². The molecule has 1 aliphatic rings. The molecule has 2 aromatic carbocycles. The second-order valence-electron chi connectivity index (χ2n) is 6.57. The predicted octanol–water partition coefficient (Wildman–Crippen LogP) is 2.12. The Bertz CT molecular complexity index is 1100. The average Bonchev–Trinajstić information content (AvgIpc) is 2.63. The lowest BCUT2D eigenvalue weighted by atomic mass is 9.90. The lowest BCUT2D eigenvalue weighted by Gasteiger charge is -2.25. The van der Waals surface area contributed by atoms with Crippen LogP contribution < -0.4 is 10.9 Å². The monoisotopic (exact) mass is 366 g/mol. The summed E-state index contributed by atoms with van der Waals surface area (Å²) in [6.45, 7) is 2.81. The molecule has 4 rings (SSSR count). The first kappa shape index (κ1) is 16.8. The maximum Gasteiger partial charge on any atom is 0.265 e. The van der Waals surface area contributed by atoms with Gasteiger partial charge in [0.2, 0.25) is 5.88 Å². The summed E-state index contributed by atoms with van der Waals surface area (Å²) in [6, 6.07) is 15.5. The molecule has 1 aliphatic heterocycles. The lowest BCUT2D eigenvalue weighted by Crippen LogP contribution is -2.87. The smallest absolute Gasteiger partial charge is 0.265 e. The number of para-hydroxylation sites is 1. The van der Waals surface area contributed by atoms with Crippen LogP contribution in [0.5, 0.6) is 5.88 Å². The Morgan fingerprint density at radius 2 is 1.92 bits per heavy atom. The molecule has 6 heteroatoms. The fourth-order valence-electron chi connectivity index (χ4n) is 3.73. The van der Waals surface area contributed by atoms with Crippen LogP contribution in [-0.2, 0) is 6.42 Å². The van der Waals surface area contributed by atoms with Crippen LogP contribution in [0.25, 0.3) is 5.69 Å². The SMILES string of the molecule is Cc1ccccc1-n1c(O)c([C@H]2[NH2+]CCc3ccccc32)c(=O)[nH]c1=S. The molecule has 0 radical (unpaired) electrons. The number of quaternary nitrogens is 1. The normalized spacial score (nSPS) is 16.3. The Kier molecular flexibility index (Phi) is 4.22. The number of benzene rings is 2. The first-order valence-electron chi connectivity index (χ1n) is 8.63. The first-order chi connectivity index (χ1) is 12.6. The zero-order valence-electron chi connectivity index (χ0n) is 14.4. The summed E-state index contributed by atoms with van der Waals surface area (Å²) >= 11 is 5.34. The summed E-state index contributed by atoms with van der Waals surface area (Å²) in [5, 5.41) is 13.2. The van der Waals surface area contributed by atoms with Crippen molar-refractivity contribution in [1.29, 1.82) is 0 Å². The topological polar surface area (TPSA) is 74.6 Å². The molecule has 0 unspecified atom stereocenters. The van der Waals surface area contributed by atoms with Crippen molar-refractivity contribution in [3.05, 3.63) is 85.9 Å². The number of aromatic hydroxyl groups is 1. The van der Waals surface area contributed by atoms with Crippen molar-refractivity contribution in [2.24, 2.45) is 0 Å². The van der Waals surface area contributed by atoms with Crippen LogP contribution in [0.3, 0.4) is 0 Å². The largest absolute Gasteiger partial charge is 0.494 e. The molecule has 2 heterocycles. The summed E-state index contributed by atoms with van der Waals surface area (Å²) in [7, 11) is 0. The average molecular weight is 366 g/mol. The van der Waals surface area contributed by atoms with Crippen molar-refractivity contribution < 1.29 is 10.4 Å². The zero-order chi connectivity index (χ0) is 18.3. The van der Waals surface area contributed by atoms with Crippen molar-refractivity contribution in [2.75, 3.05) is 6.54 Å². The molecule has 0 fully saturated rings. The number of H-pyrrole nitrogens is 1. The van der Waals surface area contributed by atoms with Crippen molar-refractivity contribution in [3.8, 4) is 11.6 Å². The van der Waals surface area contributed by atoms with Crippen LogP contribution >= 0.6 is 12.2 Å². The molecule has 0 spiro atoms. The fourth-order valence-corrected chi connectivity index (χ4v) is 4.01. The highest BCUT2D eigenvalue weighted by atomic mass is 32.1. The molecule has 26 heavy (non-hydrogen) atoms. The van der Waals surface area contributed by atoms with Crippen LogP contribution in [0.15, 0.2) is 53.3 Å². The van der Waals surface area contributed by atoms with Gasteiger partial charge in [0, 0.05) is 12.0 Å². The van der Waals surface area contributed by atoms with Crippen LogP contribution in [0.2, 0.25) is 0 Å². The third-order valence-electron chi connectivity index (χ3n) is 4.99. The molecule has 0 bridgehead atoms. The lowest BCUT2D eigenvalue weighted by molar-refractivity contribution is -0.690. The zero-order valence-corrected chi connectivity index (χ0v) is 15.2. The number of nitrogens with one attached hydrogen (secondary N) is 1. The molecule has 3 aromatic rings. The summed E-state index contributed by atoms with van der Waals surface area (Å²) in [6.07, 6.45) is 0.947. The quantitative estimate of drug-likeness (QED) is 0.608. The van der Waals surface area contributed by atoms with Gasteiger partial charge in [-0.3, -0.25) is 14.3 Å². The minimum Gasteiger partial charge on any atom is -0.494 e. The number of fused-ring (bicyclic) bond motifs is 1. The van der Waals surface area contributed by atoms with Gasteiger partial charge in [0.15, 0.2) is 4.77 Å². The van der Waals surface area contributed by atoms with Gasteiger partial charge in [-0.05, 0) is 36.3 Å². The number of rotatable bonds is 2. The van der Waals surface area contributed by atoms with E-state index in [2.05, 4.69) is 16.4 Å². The highest BCUT2D eigenvalue weighted by Gasteiger charge is 2.31. The van der Waals surface area contributed by atoms with Gasteiger partial charge < -0.3 is 10.4 Å². The van der Waals surface area contributed by atoms with Gasteiger partial charge in [0.05, 0.1) is 12.2 Å². The minimum absolute atomic E-state index is 0.0917. The summed E-state index contributed by atoms with van der Waals surface area (Å²) < 4.78 is 1.74. The van der Waals surface area contributed by atoms with Crippen molar-refractivity contribution >= 4 is 12.2 Å². The summed E-state index contributed by atoms with van der Waals surface area (Å²) in [5.41, 5.74) is 4.00.